The fourth-order valence-electron chi connectivity index (χ4n) is 1.68. The molecule has 1 N–H and O–H groups in total. The molecule has 0 aliphatic carbocycles. The lowest BCUT2D eigenvalue weighted by Crippen LogP contribution is -2.06. The van der Waals surface area contributed by atoms with Crippen molar-refractivity contribution in [3.63, 3.8) is 0 Å². The highest BCUT2D eigenvalue weighted by Gasteiger charge is 2.23. The maximum Gasteiger partial charge on any atom is 0.372 e. The Bertz CT molecular complexity index is 614. The van der Waals surface area contributed by atoms with Crippen LogP contribution in [0.15, 0.2) is 18.5 Å². The van der Waals surface area contributed by atoms with Crippen LogP contribution in [0, 0.1) is 10.1 Å². The summed E-state index contributed by atoms with van der Waals surface area (Å²) in [6, 6.07) is 4.05. The van der Waals surface area contributed by atoms with Crippen molar-refractivity contribution in [1.82, 2.24) is 9.97 Å². The average Bonchev–Trinajstić information content (AvgIpc) is 2.92. The Morgan fingerprint density at radius 1 is 1.40 bits per heavy atom. The highest BCUT2D eigenvalue weighted by Crippen LogP contribution is 2.31. The van der Waals surface area contributed by atoms with Gasteiger partial charge in [0.2, 0.25) is 5.82 Å². The Morgan fingerprint density at radius 3 is 2.75 bits per heavy atom. The lowest BCUT2D eigenvalue weighted by atomic mass is 10.3. The van der Waals surface area contributed by atoms with Crippen LogP contribution in [-0.4, -0.2) is 22.0 Å². The number of hydrogen-bond acceptors (Lipinski definition) is 7. The SMILES string of the molecule is CCc1ccc(CNc2ncnc(OC)c2[N+](=O)[O-])s1. The summed E-state index contributed by atoms with van der Waals surface area (Å²) in [4.78, 5) is 20.5. The normalized spacial score (nSPS) is 10.3. The molecule has 0 spiro atoms. The second-order valence-corrected chi connectivity index (χ2v) is 5.17. The van der Waals surface area contributed by atoms with Crippen molar-refractivity contribution >= 4 is 22.8 Å². The molecule has 8 heteroatoms. The smallest absolute Gasteiger partial charge is 0.372 e. The molecule has 0 fully saturated rings. The van der Waals surface area contributed by atoms with Crippen LogP contribution < -0.4 is 10.1 Å². The summed E-state index contributed by atoms with van der Waals surface area (Å²) in [7, 11) is 1.34. The van der Waals surface area contributed by atoms with Gasteiger partial charge >= 0.3 is 5.69 Å². The molecule has 0 radical (unpaired) electrons. The van der Waals surface area contributed by atoms with E-state index in [9.17, 15) is 10.1 Å². The topological polar surface area (TPSA) is 90.2 Å². The van der Waals surface area contributed by atoms with Gasteiger partial charge in [0.1, 0.15) is 6.33 Å². The van der Waals surface area contributed by atoms with Gasteiger partial charge in [0.15, 0.2) is 0 Å². The first-order valence-corrected chi connectivity index (χ1v) is 6.82. The molecular weight excluding hydrogens is 280 g/mol. The second kappa shape index (κ2) is 6.29. The minimum Gasteiger partial charge on any atom is -0.476 e. The molecule has 0 aliphatic rings. The van der Waals surface area contributed by atoms with Gasteiger partial charge in [-0.1, -0.05) is 6.92 Å². The Morgan fingerprint density at radius 2 is 2.15 bits per heavy atom. The number of thiophene rings is 1. The van der Waals surface area contributed by atoms with E-state index in [0.717, 1.165) is 11.3 Å². The Kier molecular flexibility index (Phi) is 4.46. The minimum atomic E-state index is -0.549. The van der Waals surface area contributed by atoms with Crippen molar-refractivity contribution in [2.75, 3.05) is 12.4 Å². The third-order valence-corrected chi connectivity index (χ3v) is 3.89. The highest BCUT2D eigenvalue weighted by atomic mass is 32.1. The molecule has 0 saturated carbocycles. The molecule has 0 unspecified atom stereocenters. The number of methoxy groups -OCH3 is 1. The first-order valence-electron chi connectivity index (χ1n) is 6.00. The average molecular weight is 294 g/mol. The standard InChI is InChI=1S/C12H14N4O3S/c1-3-8-4-5-9(20-8)6-13-11-10(16(17)18)12(19-2)15-7-14-11/h4-5,7H,3,6H2,1-2H3,(H,13,14,15). The van der Waals surface area contributed by atoms with E-state index in [1.54, 1.807) is 11.3 Å². The van der Waals surface area contributed by atoms with Gasteiger partial charge in [0.25, 0.3) is 5.88 Å². The number of anilines is 1. The summed E-state index contributed by atoms with van der Waals surface area (Å²) >= 11 is 1.67. The molecule has 2 aromatic rings. The molecule has 7 nitrogen and oxygen atoms in total. The largest absolute Gasteiger partial charge is 0.476 e. The Hall–Kier alpha value is -2.22. The number of aromatic nitrogens is 2. The lowest BCUT2D eigenvalue weighted by Gasteiger charge is -2.06. The molecule has 2 aromatic heterocycles. The first-order chi connectivity index (χ1) is 9.65. The van der Waals surface area contributed by atoms with Crippen LogP contribution in [0.4, 0.5) is 11.5 Å². The van der Waals surface area contributed by atoms with Gasteiger partial charge in [-0.05, 0) is 18.6 Å². The number of nitro groups is 1. The van der Waals surface area contributed by atoms with E-state index in [-0.39, 0.29) is 17.4 Å². The molecule has 0 aromatic carbocycles. The van der Waals surface area contributed by atoms with Crippen LogP contribution >= 0.6 is 11.3 Å². The van der Waals surface area contributed by atoms with Crippen LogP contribution in [0.1, 0.15) is 16.7 Å². The number of nitrogens with zero attached hydrogens (tertiary/aromatic N) is 3. The van der Waals surface area contributed by atoms with Crippen molar-refractivity contribution in [3.8, 4) is 5.88 Å². The zero-order valence-corrected chi connectivity index (χ0v) is 11.9. The number of ether oxygens (including phenoxy) is 1. The maximum atomic E-state index is 11.1. The lowest BCUT2D eigenvalue weighted by molar-refractivity contribution is -0.385. The molecule has 106 valence electrons. The van der Waals surface area contributed by atoms with Gasteiger partial charge in [-0.25, -0.2) is 4.98 Å². The van der Waals surface area contributed by atoms with E-state index >= 15 is 0 Å². The zero-order chi connectivity index (χ0) is 14.5. The fourth-order valence-corrected chi connectivity index (χ4v) is 2.58. The van der Waals surface area contributed by atoms with E-state index in [4.69, 9.17) is 4.74 Å². The Balaban J connectivity index is 2.18. The van der Waals surface area contributed by atoms with Gasteiger partial charge in [-0.15, -0.1) is 11.3 Å². The number of nitrogens with one attached hydrogen (secondary N) is 1. The van der Waals surface area contributed by atoms with Gasteiger partial charge in [-0.3, -0.25) is 10.1 Å². The monoisotopic (exact) mass is 294 g/mol. The van der Waals surface area contributed by atoms with Crippen LogP contribution in [-0.2, 0) is 13.0 Å². The van der Waals surface area contributed by atoms with Crippen LogP contribution in [0.5, 0.6) is 5.88 Å². The Labute approximate surface area is 119 Å². The molecule has 0 bridgehead atoms. The number of hydrogen-bond donors (Lipinski definition) is 1. The highest BCUT2D eigenvalue weighted by molar-refractivity contribution is 7.12. The number of rotatable bonds is 6. The summed E-state index contributed by atoms with van der Waals surface area (Å²) in [5, 5.41) is 14.0. The van der Waals surface area contributed by atoms with Crippen LogP contribution in [0.2, 0.25) is 0 Å². The summed E-state index contributed by atoms with van der Waals surface area (Å²) in [5.41, 5.74) is -0.248. The van der Waals surface area contributed by atoms with Gasteiger partial charge in [-0.2, -0.15) is 4.98 Å². The van der Waals surface area contributed by atoms with E-state index in [1.807, 2.05) is 6.07 Å². The summed E-state index contributed by atoms with van der Waals surface area (Å²) in [6.07, 6.45) is 2.21. The van der Waals surface area contributed by atoms with Gasteiger partial charge in [0, 0.05) is 9.75 Å². The maximum absolute atomic E-state index is 11.1. The quantitative estimate of drug-likeness (QED) is 0.650. The van der Waals surface area contributed by atoms with Crippen molar-refractivity contribution in [3.05, 3.63) is 38.3 Å². The summed E-state index contributed by atoms with van der Waals surface area (Å²) in [5.74, 6) is 0.112. The molecule has 2 rings (SSSR count). The van der Waals surface area contributed by atoms with Gasteiger partial charge < -0.3 is 10.1 Å². The predicted octanol–water partition coefficient (Wildman–Crippen LogP) is 2.63. The molecule has 0 saturated heterocycles. The molecule has 0 amide bonds. The molecule has 2 heterocycles. The predicted molar refractivity (Wildman–Crippen MR) is 76.3 cm³/mol. The fraction of sp³-hybridized carbons (Fsp3) is 0.333. The molecular formula is C12H14N4O3S. The molecule has 20 heavy (non-hydrogen) atoms. The summed E-state index contributed by atoms with van der Waals surface area (Å²) < 4.78 is 4.89. The first kappa shape index (κ1) is 14.2. The molecule has 0 aliphatic heterocycles. The van der Waals surface area contributed by atoms with Gasteiger partial charge in [0.05, 0.1) is 18.6 Å². The van der Waals surface area contributed by atoms with Crippen LogP contribution in [0.25, 0.3) is 0 Å². The van der Waals surface area contributed by atoms with E-state index in [1.165, 1.54) is 18.3 Å². The zero-order valence-electron chi connectivity index (χ0n) is 11.1. The second-order valence-electron chi connectivity index (χ2n) is 3.91. The van der Waals surface area contributed by atoms with Crippen molar-refractivity contribution in [1.29, 1.82) is 0 Å². The number of aryl methyl sites for hydroxylation is 1. The molecule has 0 atom stereocenters. The minimum absolute atomic E-state index is 0.0482. The van der Waals surface area contributed by atoms with Crippen LogP contribution in [0.3, 0.4) is 0 Å². The van der Waals surface area contributed by atoms with Crippen molar-refractivity contribution in [2.45, 2.75) is 19.9 Å². The van der Waals surface area contributed by atoms with Crippen molar-refractivity contribution in [2.24, 2.45) is 0 Å². The van der Waals surface area contributed by atoms with E-state index in [0.29, 0.717) is 6.54 Å². The third kappa shape index (κ3) is 3.02. The van der Waals surface area contributed by atoms with E-state index < -0.39 is 4.92 Å². The van der Waals surface area contributed by atoms with Crippen molar-refractivity contribution < 1.29 is 9.66 Å². The summed E-state index contributed by atoms with van der Waals surface area (Å²) in [6.45, 7) is 2.56. The van der Waals surface area contributed by atoms with E-state index in [2.05, 4.69) is 28.3 Å². The third-order valence-electron chi connectivity index (χ3n) is 2.66.